The number of piperazine rings is 1. The van der Waals surface area contributed by atoms with Gasteiger partial charge in [0.05, 0.1) is 0 Å². The largest absolute Gasteiger partial charge is 0.462 e. The second-order valence-corrected chi connectivity index (χ2v) is 8.08. The van der Waals surface area contributed by atoms with Gasteiger partial charge in [-0.05, 0) is 19.4 Å². The monoisotopic (exact) mass is 604 g/mol. The molecule has 1 amide bonds. The zero-order valence-corrected chi connectivity index (χ0v) is 17.9. The first-order valence-corrected chi connectivity index (χ1v) is 9.80. The predicted molar refractivity (Wildman–Crippen MR) is 84.0 cm³/mol. The van der Waals surface area contributed by atoms with Crippen LogP contribution in [0.5, 0.6) is 0 Å². The fourth-order valence-electron chi connectivity index (χ4n) is 3.53. The predicted octanol–water partition coefficient (Wildman–Crippen LogP) is 5.17. The molecule has 2 rings (SSSR count). The zero-order valence-electron chi connectivity index (χ0n) is 17.9. The third-order valence-corrected chi connectivity index (χ3v) is 5.51. The standard InChI is InChI=1S/C16H13F17N2O3/c17-9(12(21,22)23,8(36)35-5-4-34-3-1-2-7(34)6-35)37-16(32,33)11(20,14(27,28)29)38-15(30,31)10(18,19)13(24,25)26/h7H,1-6H2/t7-,9+,11+/m1/s1. The molecular formula is C16H13F17N2O3. The molecular weight excluding hydrogens is 591 g/mol. The maximum atomic E-state index is 14.8. The molecule has 0 aromatic rings. The van der Waals surface area contributed by atoms with Gasteiger partial charge >= 0.3 is 48.4 Å². The number of halogens is 17. The Labute approximate surface area is 199 Å². The van der Waals surface area contributed by atoms with Crippen LogP contribution in [0.4, 0.5) is 74.6 Å². The molecule has 2 heterocycles. The van der Waals surface area contributed by atoms with E-state index in [1.165, 1.54) is 4.74 Å². The Morgan fingerprint density at radius 3 is 1.61 bits per heavy atom. The van der Waals surface area contributed by atoms with Gasteiger partial charge in [-0.2, -0.15) is 74.6 Å². The van der Waals surface area contributed by atoms with E-state index in [1.807, 2.05) is 0 Å². The van der Waals surface area contributed by atoms with Gasteiger partial charge in [-0.1, -0.05) is 0 Å². The number of fused-ring (bicyclic) bond motifs is 1. The van der Waals surface area contributed by atoms with Crippen LogP contribution in [0.3, 0.4) is 0 Å². The van der Waals surface area contributed by atoms with Gasteiger partial charge in [-0.15, -0.1) is 0 Å². The Morgan fingerprint density at radius 2 is 1.16 bits per heavy atom. The highest BCUT2D eigenvalue weighted by Crippen LogP contribution is 2.56. The number of alkyl halides is 17. The van der Waals surface area contributed by atoms with Gasteiger partial charge in [0.2, 0.25) is 0 Å². The normalized spacial score (nSPS) is 24.1. The summed E-state index contributed by atoms with van der Waals surface area (Å²) in [5, 5.41) is 0. The van der Waals surface area contributed by atoms with Crippen LogP contribution >= 0.6 is 0 Å². The zero-order chi connectivity index (χ0) is 30.0. The van der Waals surface area contributed by atoms with E-state index in [1.54, 1.807) is 4.90 Å². The van der Waals surface area contributed by atoms with Gasteiger partial charge in [0.1, 0.15) is 0 Å². The van der Waals surface area contributed by atoms with Gasteiger partial charge in [0, 0.05) is 25.7 Å². The van der Waals surface area contributed by atoms with Crippen LogP contribution in [0.15, 0.2) is 0 Å². The molecule has 0 radical (unpaired) electrons. The van der Waals surface area contributed by atoms with Crippen molar-refractivity contribution in [2.75, 3.05) is 26.2 Å². The molecule has 0 spiro atoms. The fourth-order valence-corrected chi connectivity index (χ4v) is 3.53. The lowest BCUT2D eigenvalue weighted by molar-refractivity contribution is -0.548. The number of rotatable bonds is 7. The summed E-state index contributed by atoms with van der Waals surface area (Å²) in [4.78, 5) is 13.5. The molecule has 22 heteroatoms. The van der Waals surface area contributed by atoms with Gasteiger partial charge in [-0.3, -0.25) is 19.2 Å². The average Bonchev–Trinajstić information content (AvgIpc) is 3.17. The Kier molecular flexibility index (Phi) is 7.99. The van der Waals surface area contributed by atoms with Crippen molar-refractivity contribution in [3.8, 4) is 0 Å². The van der Waals surface area contributed by atoms with E-state index in [4.69, 9.17) is 0 Å². The average molecular weight is 604 g/mol. The fraction of sp³-hybridized carbons (Fsp3) is 0.938. The van der Waals surface area contributed by atoms with E-state index in [0.29, 0.717) is 13.0 Å². The highest BCUT2D eigenvalue weighted by atomic mass is 19.4. The van der Waals surface area contributed by atoms with Crippen LogP contribution in [0.2, 0.25) is 0 Å². The molecule has 0 N–H and O–H groups in total. The van der Waals surface area contributed by atoms with Crippen molar-refractivity contribution in [3.05, 3.63) is 0 Å². The van der Waals surface area contributed by atoms with Crippen LogP contribution in [0.25, 0.3) is 0 Å². The van der Waals surface area contributed by atoms with E-state index < -0.39 is 73.4 Å². The molecule has 2 saturated heterocycles. The van der Waals surface area contributed by atoms with Crippen LogP contribution in [-0.2, 0) is 14.3 Å². The highest BCUT2D eigenvalue weighted by molar-refractivity contribution is 5.85. The van der Waals surface area contributed by atoms with Crippen LogP contribution < -0.4 is 0 Å². The van der Waals surface area contributed by atoms with Crippen molar-refractivity contribution in [3.63, 3.8) is 0 Å². The van der Waals surface area contributed by atoms with Crippen molar-refractivity contribution < 1.29 is 88.9 Å². The summed E-state index contributed by atoms with van der Waals surface area (Å²) in [7, 11) is 0. The second kappa shape index (κ2) is 9.37. The molecule has 2 aliphatic heterocycles. The number of hydrogen-bond donors (Lipinski definition) is 0. The highest BCUT2D eigenvalue weighted by Gasteiger charge is 2.85. The minimum atomic E-state index is -8.01. The van der Waals surface area contributed by atoms with Crippen LogP contribution in [0, 0.1) is 0 Å². The quantitative estimate of drug-likeness (QED) is 0.377. The number of nitrogens with zero attached hydrogens (tertiary/aromatic N) is 2. The Balaban J connectivity index is 2.52. The molecule has 0 bridgehead atoms. The third kappa shape index (κ3) is 5.30. The summed E-state index contributed by atoms with van der Waals surface area (Å²) in [6.07, 6.45) is -37.8. The van der Waals surface area contributed by atoms with E-state index >= 15 is 0 Å². The first-order valence-electron chi connectivity index (χ1n) is 9.80. The summed E-state index contributed by atoms with van der Waals surface area (Å²) in [6, 6.07) is -0.784. The SMILES string of the molecule is O=C(N1CCN2CCC[C@@H]2C1)[C@](F)(OC(F)(F)[C@@](F)(OC(F)(F)C(F)(F)C(F)(F)F)C(F)(F)F)C(F)(F)F. The van der Waals surface area contributed by atoms with Crippen molar-refractivity contribution in [1.82, 2.24) is 9.80 Å². The minimum Gasteiger partial charge on any atom is -0.335 e. The third-order valence-electron chi connectivity index (χ3n) is 5.51. The number of hydrogen-bond acceptors (Lipinski definition) is 4. The van der Waals surface area contributed by atoms with Gasteiger partial charge in [0.15, 0.2) is 0 Å². The molecule has 0 aromatic carbocycles. The lowest BCUT2D eigenvalue weighted by Crippen LogP contribution is -2.69. The summed E-state index contributed by atoms with van der Waals surface area (Å²) in [5.74, 6) is -25.7. The van der Waals surface area contributed by atoms with E-state index in [-0.39, 0.29) is 17.9 Å². The van der Waals surface area contributed by atoms with E-state index in [2.05, 4.69) is 4.74 Å². The van der Waals surface area contributed by atoms with Crippen molar-refractivity contribution in [1.29, 1.82) is 0 Å². The van der Waals surface area contributed by atoms with E-state index in [0.717, 1.165) is 0 Å². The molecule has 224 valence electrons. The van der Waals surface area contributed by atoms with Gasteiger partial charge in [-0.25, -0.2) is 0 Å². The van der Waals surface area contributed by atoms with Crippen molar-refractivity contribution in [2.24, 2.45) is 0 Å². The number of ether oxygens (including phenoxy) is 2. The molecule has 2 aliphatic rings. The molecule has 38 heavy (non-hydrogen) atoms. The molecule has 0 unspecified atom stereocenters. The maximum Gasteiger partial charge on any atom is 0.462 e. The van der Waals surface area contributed by atoms with Crippen LogP contribution in [0.1, 0.15) is 12.8 Å². The first-order chi connectivity index (χ1) is 16.6. The molecule has 2 fully saturated rings. The minimum absolute atomic E-state index is 0.170. The van der Waals surface area contributed by atoms with Crippen LogP contribution in [-0.4, -0.2) is 96.3 Å². The van der Waals surface area contributed by atoms with Gasteiger partial charge < -0.3 is 4.90 Å². The molecule has 5 nitrogen and oxygen atoms in total. The summed E-state index contributed by atoms with van der Waals surface area (Å²) < 4.78 is 228. The smallest absolute Gasteiger partial charge is 0.335 e. The van der Waals surface area contributed by atoms with Gasteiger partial charge in [0.25, 0.3) is 5.91 Å². The lowest BCUT2D eigenvalue weighted by atomic mass is 10.1. The lowest BCUT2D eigenvalue weighted by Gasteiger charge is -2.43. The molecule has 0 aromatic heterocycles. The summed E-state index contributed by atoms with van der Waals surface area (Å²) in [6.45, 7) is -1.69. The molecule has 3 atom stereocenters. The van der Waals surface area contributed by atoms with E-state index in [9.17, 15) is 79.4 Å². The first kappa shape index (κ1) is 32.4. The summed E-state index contributed by atoms with van der Waals surface area (Å²) in [5.41, 5.74) is 0. The maximum absolute atomic E-state index is 14.8. The number of carbonyl (C=O) groups is 1. The molecule has 0 aliphatic carbocycles. The topological polar surface area (TPSA) is 42.0 Å². The number of amides is 1. The Morgan fingerprint density at radius 1 is 0.632 bits per heavy atom. The Bertz CT molecular complexity index is 888. The second-order valence-electron chi connectivity index (χ2n) is 8.08. The summed E-state index contributed by atoms with van der Waals surface area (Å²) >= 11 is 0. The van der Waals surface area contributed by atoms with Crippen molar-refractivity contribution in [2.45, 2.75) is 67.3 Å². The Hall–Kier alpha value is -1.84. The molecule has 0 saturated carbocycles. The number of carbonyl (C=O) groups excluding carboxylic acids is 1. The van der Waals surface area contributed by atoms with Crippen molar-refractivity contribution >= 4 is 5.91 Å².